The highest BCUT2D eigenvalue weighted by molar-refractivity contribution is 6.02. The molecule has 0 heterocycles. The van der Waals surface area contributed by atoms with E-state index < -0.39 is 370 Å². The van der Waals surface area contributed by atoms with Crippen molar-refractivity contribution in [3.8, 4) is 0 Å². The van der Waals surface area contributed by atoms with Crippen LogP contribution in [0.15, 0.2) is 0 Å². The maximum absolute atomic E-state index is 14.6. The zero-order chi connectivity index (χ0) is 112. The van der Waals surface area contributed by atoms with Crippen LogP contribution in [-0.4, -0.2) is 350 Å². The van der Waals surface area contributed by atoms with Crippen LogP contribution in [0.4, 0.5) is 0 Å². The summed E-state index contributed by atoms with van der Waals surface area (Å²) in [4.78, 5) is 334. The van der Waals surface area contributed by atoms with Crippen molar-refractivity contribution in [2.45, 2.75) is 333 Å². The maximum atomic E-state index is 14.6. The molecule has 0 aliphatic carbocycles. The zero-order valence-electron chi connectivity index (χ0n) is 84.6. The summed E-state index contributed by atoms with van der Waals surface area (Å²) in [5.74, 6) is -31.9. The van der Waals surface area contributed by atoms with Crippen LogP contribution >= 0.6 is 0 Å². The number of primary amides is 2. The molecule has 828 valence electrons. The number of hydrogen-bond donors (Lipinski definition) is 32. The molecule has 146 heavy (non-hydrogen) atoms. The minimum Gasteiger partial charge on any atom is -0.481 e. The van der Waals surface area contributed by atoms with Crippen LogP contribution in [0.1, 0.15) is 218 Å². The predicted molar refractivity (Wildman–Crippen MR) is 515 cm³/mol. The average Bonchev–Trinajstić information content (AvgIpc) is 0.870. The normalized spacial score (nSPS) is 15.5. The smallest absolute Gasteiger partial charge is 0.322 e. The first kappa shape index (κ1) is 132. The minimum atomic E-state index is -2.08. The van der Waals surface area contributed by atoms with Gasteiger partial charge in [0, 0.05) is 25.7 Å². The fourth-order valence-electron chi connectivity index (χ4n) is 13.9. The number of unbranched alkanes of at least 4 members (excludes halogenated alkanes) is 2. The van der Waals surface area contributed by atoms with Crippen molar-refractivity contribution in [3.05, 3.63) is 0 Å². The Morgan fingerprint density at radius 1 is 0.260 bits per heavy atom. The molecule has 37 N–H and O–H groups in total. The maximum Gasteiger partial charge on any atom is 0.322 e. The number of rotatable bonds is 75. The van der Waals surface area contributed by atoms with Gasteiger partial charge < -0.3 is 171 Å². The van der Waals surface area contributed by atoms with Crippen molar-refractivity contribution in [2.75, 3.05) is 45.9 Å². The Hall–Kier alpha value is -13.5. The van der Waals surface area contributed by atoms with Crippen LogP contribution in [0, 0.1) is 29.6 Å². The fourth-order valence-corrected chi connectivity index (χ4v) is 13.9. The van der Waals surface area contributed by atoms with Gasteiger partial charge in [-0.05, 0) is 147 Å². The summed E-state index contributed by atoms with van der Waals surface area (Å²) in [5, 5.41) is 124. The van der Waals surface area contributed by atoms with Gasteiger partial charge in [0.2, 0.25) is 124 Å². The summed E-state index contributed by atoms with van der Waals surface area (Å²) in [5.41, 5.74) is 28.0. The van der Waals surface area contributed by atoms with Crippen LogP contribution in [0.5, 0.6) is 0 Å². The molecule has 0 aliphatic heterocycles. The lowest BCUT2D eigenvalue weighted by atomic mass is 9.96. The summed E-state index contributed by atoms with van der Waals surface area (Å²) in [6.07, 6.45) is -10.7. The van der Waals surface area contributed by atoms with Crippen molar-refractivity contribution in [2.24, 2.45) is 58.3 Å². The summed E-state index contributed by atoms with van der Waals surface area (Å²) >= 11 is 0. The van der Waals surface area contributed by atoms with E-state index in [4.69, 9.17) is 33.8 Å². The van der Waals surface area contributed by atoms with Gasteiger partial charge in [0.15, 0.2) is 0 Å². The molecule has 21 atom stereocenters. The van der Waals surface area contributed by atoms with E-state index >= 15 is 0 Å². The molecule has 0 aliphatic rings. The van der Waals surface area contributed by atoms with E-state index in [1.165, 1.54) is 6.92 Å². The predicted octanol–water partition coefficient (Wildman–Crippen LogP) is -11.5. The number of carbonyl (C=O) groups excluding carboxylic acids is 21. The molecule has 0 rings (SSSR count). The van der Waals surface area contributed by atoms with Crippen molar-refractivity contribution < 1.29 is 161 Å². The second kappa shape index (κ2) is 69.5. The van der Waals surface area contributed by atoms with E-state index in [1.807, 2.05) is 5.32 Å². The molecule has 0 spiro atoms. The van der Waals surface area contributed by atoms with Crippen LogP contribution in [0.3, 0.4) is 0 Å². The van der Waals surface area contributed by atoms with Crippen LogP contribution < -0.4 is 130 Å². The second-order valence-electron chi connectivity index (χ2n) is 36.7. The quantitative estimate of drug-likeness (QED) is 0.0251. The Morgan fingerprint density at radius 2 is 0.541 bits per heavy atom. The summed E-state index contributed by atoms with van der Waals surface area (Å²) < 4.78 is 0. The highest BCUT2D eigenvalue weighted by Crippen LogP contribution is 2.18. The molecule has 57 nitrogen and oxygen atoms in total. The first-order valence-corrected chi connectivity index (χ1v) is 48.1. The highest BCUT2D eigenvalue weighted by atomic mass is 16.4. The van der Waals surface area contributed by atoms with Gasteiger partial charge in [-0.3, -0.25) is 120 Å². The Kier molecular flexibility index (Phi) is 63.0. The van der Waals surface area contributed by atoms with Crippen molar-refractivity contribution in [1.82, 2.24) is 101 Å². The molecule has 0 fully saturated rings. The van der Waals surface area contributed by atoms with Gasteiger partial charge >= 0.3 is 23.9 Å². The summed E-state index contributed by atoms with van der Waals surface area (Å²) in [7, 11) is 0. The largest absolute Gasteiger partial charge is 0.481 e. The molecule has 0 aromatic carbocycles. The lowest BCUT2D eigenvalue weighted by molar-refractivity contribution is -0.142. The number of aliphatic hydroxyl groups is 4. The SMILES string of the molecule is CC[C@H](C)[C@H](NC(=O)CNC(=O)CNC(=O)[C@H](CCC(N)=O)NC(=O)[C@H](CC(C)C)NC(=O)[C@H](CC(C)C)NC(=O)[C@H](CCCCN)NC(=O)[C@H](CC(=O)O)NC(=O)[C@H](CC(C)C)NC(=O)[C@H](CCC(=O)O)NC(=O)[C@H](CCCCN)NC(=O)[C@H](CO)NC(=O)CNC(=O)[C@@H](NC(=O)[C@@H](NC(=O)[C@@H](NC(=O)[C@@H](N)CCC(N)=O)[C@@H](C)CC)[C@@H](C)O)[C@@H](C)O)C(=O)N[C@@H](CCC(=O)O)C(=O)N[C@H](C(=O)NCC(=O)O)[C@@H](C)O. The van der Waals surface area contributed by atoms with Crippen molar-refractivity contribution in [1.29, 1.82) is 0 Å². The first-order chi connectivity index (χ1) is 68.2. The number of amides is 21. The zero-order valence-corrected chi connectivity index (χ0v) is 84.6. The number of hydrogen-bond acceptors (Lipinski definition) is 32. The lowest BCUT2D eigenvalue weighted by Gasteiger charge is -2.29. The van der Waals surface area contributed by atoms with E-state index in [0.717, 1.165) is 20.8 Å². The number of nitrogens with one attached hydrogen (secondary N) is 19. The van der Waals surface area contributed by atoms with E-state index in [9.17, 15) is 156 Å². The van der Waals surface area contributed by atoms with E-state index in [1.54, 1.807) is 62.3 Å². The molecule has 0 aromatic heterocycles. The van der Waals surface area contributed by atoms with E-state index in [-0.39, 0.29) is 90.1 Å². The highest BCUT2D eigenvalue weighted by Gasteiger charge is 2.42. The molecule has 0 saturated heterocycles. The molecular weight excluding hydrogens is 1930 g/mol. The third kappa shape index (κ3) is 53.3. The number of nitrogens with two attached hydrogens (primary N) is 5. The number of carbonyl (C=O) groups is 25. The van der Waals surface area contributed by atoms with Crippen molar-refractivity contribution >= 4 is 148 Å². The standard InChI is InChI=1S/C89H154N24O33/c1-14-44(9)69(87(144)104-54(25-29-66(125)126)79(136)111-71(46(11)115)86(143)98-39-68(129)130)109-64(122)37-95-62(120)36-96-75(132)52(23-27-61(94)119)102-80(137)55(32-41(3)4)107-81(138)56(33-42(5)6)105-77(134)51(21-17-19-31-91)100-83(140)58(35-67(127)128)108-82(139)57(34-43(7)8)106-78(135)53(24-28-65(123)124)103-76(133)50(20-16-18-30-90)101-84(141)59(40-114)99-63(121)38-97-85(142)72(47(12)116)112-89(146)73(48(13)117)113-88(145)70(45(10)15-2)110-74(131)49(92)22-26-60(93)118/h41-59,69-73,114-117H,14-40,90-92H2,1-13H3,(H2,93,118)(H2,94,119)(H,95,120)(H,96,132)(H,97,142)(H,98,143)(H,99,121)(H,100,140)(H,101,141)(H,102,137)(H,103,133)(H,104,144)(H,105,134)(H,106,135)(H,107,138)(H,108,139)(H,109,122)(H,110,131)(H,111,136)(H,112,146)(H,113,145)(H,123,124)(H,125,126)(H,127,128)(H,129,130)/t44-,45-,46+,47+,48+,49-,50-,51-,52-,53-,54-,55-,56-,57-,58-,59-,69-,70-,71-,72-,73-/m0/s1. The molecule has 0 unspecified atom stereocenters. The Balaban J connectivity index is 7.00. The molecule has 0 saturated carbocycles. The van der Waals surface area contributed by atoms with Crippen LogP contribution in [-0.2, 0) is 120 Å². The number of aliphatic hydroxyl groups excluding tert-OH is 4. The van der Waals surface area contributed by atoms with E-state index in [2.05, 4.69) is 95.7 Å². The lowest BCUT2D eigenvalue weighted by Crippen LogP contribution is -2.63. The fraction of sp³-hybridized carbons (Fsp3) is 0.719. The molecule has 21 amide bonds. The van der Waals surface area contributed by atoms with E-state index in [0.29, 0.717) is 6.42 Å². The summed E-state index contributed by atoms with van der Waals surface area (Å²) in [6, 6.07) is -27.2. The topological polar surface area (TPSA) is 947 Å². The Bertz CT molecular complexity index is 4410. The van der Waals surface area contributed by atoms with Gasteiger partial charge in [0.1, 0.15) is 97.2 Å². The number of carboxylic acid groups (broad SMARTS) is 4. The Labute approximate surface area is 843 Å². The van der Waals surface area contributed by atoms with Crippen molar-refractivity contribution in [3.63, 3.8) is 0 Å². The van der Waals surface area contributed by atoms with Crippen LogP contribution in [0.2, 0.25) is 0 Å². The van der Waals surface area contributed by atoms with Gasteiger partial charge in [0.05, 0.1) is 57.0 Å². The Morgan fingerprint density at radius 3 is 0.911 bits per heavy atom. The summed E-state index contributed by atoms with van der Waals surface area (Å²) in [6.45, 7) is 14.6. The molecule has 0 aromatic rings. The molecule has 57 heteroatoms. The average molecular weight is 2090 g/mol. The van der Waals surface area contributed by atoms with Gasteiger partial charge in [-0.15, -0.1) is 0 Å². The van der Waals surface area contributed by atoms with Crippen LogP contribution in [0.25, 0.3) is 0 Å². The van der Waals surface area contributed by atoms with Gasteiger partial charge in [-0.1, -0.05) is 82.1 Å². The first-order valence-electron chi connectivity index (χ1n) is 48.1. The second-order valence-corrected chi connectivity index (χ2v) is 36.7. The minimum absolute atomic E-state index is 0.0439. The van der Waals surface area contributed by atoms with Gasteiger partial charge in [0.25, 0.3) is 0 Å². The number of carboxylic acids is 4. The van der Waals surface area contributed by atoms with Gasteiger partial charge in [-0.25, -0.2) is 0 Å². The van der Waals surface area contributed by atoms with Gasteiger partial charge in [-0.2, -0.15) is 0 Å². The molecule has 0 radical (unpaired) electrons. The third-order valence-corrected chi connectivity index (χ3v) is 22.4. The molecular formula is C89H154N24O33. The monoisotopic (exact) mass is 2090 g/mol. The third-order valence-electron chi connectivity index (χ3n) is 22.4. The number of aliphatic carboxylic acids is 4. The molecule has 0 bridgehead atoms.